The molecule has 170 valence electrons. The summed E-state index contributed by atoms with van der Waals surface area (Å²) in [7, 11) is 1.60. The number of rotatable bonds is 5. The number of benzene rings is 2. The molecule has 3 amide bonds. The predicted molar refractivity (Wildman–Crippen MR) is 111 cm³/mol. The zero-order valence-electron chi connectivity index (χ0n) is 17.5. The Bertz CT molecular complexity index is 976. The summed E-state index contributed by atoms with van der Waals surface area (Å²) in [4.78, 5) is 26.3. The number of methoxy groups -OCH3 is 1. The van der Waals surface area contributed by atoms with Crippen molar-refractivity contribution in [3.8, 4) is 5.75 Å². The van der Waals surface area contributed by atoms with Gasteiger partial charge in [-0.25, -0.2) is 4.79 Å². The van der Waals surface area contributed by atoms with Crippen LogP contribution in [0.1, 0.15) is 34.3 Å². The molecule has 4 rings (SSSR count). The fourth-order valence-corrected chi connectivity index (χ4v) is 4.40. The molecule has 1 saturated heterocycles. The third-order valence-electron chi connectivity index (χ3n) is 6.11. The van der Waals surface area contributed by atoms with Crippen LogP contribution in [0.4, 0.5) is 18.0 Å². The molecule has 1 heterocycles. The molecular formula is C23H24F3N3O3. The van der Waals surface area contributed by atoms with Crippen LogP contribution in [0.5, 0.6) is 5.75 Å². The molecule has 2 aromatic rings. The van der Waals surface area contributed by atoms with Gasteiger partial charge < -0.3 is 20.3 Å². The summed E-state index contributed by atoms with van der Waals surface area (Å²) in [6, 6.07) is 11.5. The lowest BCUT2D eigenvalue weighted by Gasteiger charge is -2.59. The van der Waals surface area contributed by atoms with Crippen LogP contribution in [-0.4, -0.2) is 43.1 Å². The lowest BCUT2D eigenvalue weighted by molar-refractivity contribution is -0.137. The number of ether oxygens (including phenoxy) is 1. The second-order valence-corrected chi connectivity index (χ2v) is 8.52. The van der Waals surface area contributed by atoms with Gasteiger partial charge in [0.25, 0.3) is 5.91 Å². The van der Waals surface area contributed by atoms with Gasteiger partial charge in [0.1, 0.15) is 5.75 Å². The number of urea groups is 1. The maximum atomic E-state index is 12.7. The number of amides is 3. The minimum Gasteiger partial charge on any atom is -0.497 e. The van der Waals surface area contributed by atoms with Crippen molar-refractivity contribution < 1.29 is 27.5 Å². The number of hydrogen-bond acceptors (Lipinski definition) is 3. The molecule has 0 aromatic heterocycles. The summed E-state index contributed by atoms with van der Waals surface area (Å²) >= 11 is 0. The van der Waals surface area contributed by atoms with Crippen molar-refractivity contribution in [3.63, 3.8) is 0 Å². The van der Waals surface area contributed by atoms with Crippen LogP contribution < -0.4 is 15.4 Å². The van der Waals surface area contributed by atoms with E-state index in [-0.39, 0.29) is 29.0 Å². The van der Waals surface area contributed by atoms with E-state index < -0.39 is 11.7 Å². The summed E-state index contributed by atoms with van der Waals surface area (Å²) in [5.41, 5.74) is 0.435. The highest BCUT2D eigenvalue weighted by atomic mass is 19.4. The summed E-state index contributed by atoms with van der Waals surface area (Å²) in [6.07, 6.45) is -2.86. The number of halogens is 3. The van der Waals surface area contributed by atoms with Gasteiger partial charge >= 0.3 is 12.2 Å². The zero-order valence-corrected chi connectivity index (χ0v) is 17.5. The molecule has 1 spiro atoms. The summed E-state index contributed by atoms with van der Waals surface area (Å²) in [5.74, 6) is 0.488. The molecule has 1 aliphatic heterocycles. The van der Waals surface area contributed by atoms with Crippen LogP contribution in [0.2, 0.25) is 0 Å². The fourth-order valence-electron chi connectivity index (χ4n) is 4.40. The molecule has 32 heavy (non-hydrogen) atoms. The van der Waals surface area contributed by atoms with Gasteiger partial charge in [-0.15, -0.1) is 0 Å². The lowest BCUT2D eigenvalue weighted by Crippen LogP contribution is -2.67. The van der Waals surface area contributed by atoms with E-state index in [2.05, 4.69) is 10.6 Å². The minimum absolute atomic E-state index is 0.00446. The Hall–Kier alpha value is -3.23. The van der Waals surface area contributed by atoms with Crippen molar-refractivity contribution >= 4 is 11.9 Å². The molecule has 2 aromatic carbocycles. The maximum absolute atomic E-state index is 12.7. The summed E-state index contributed by atoms with van der Waals surface area (Å²) < 4.78 is 43.1. The normalized spacial score (nSPS) is 17.3. The standard InChI is InChI=1S/C23H24F3N3O3/c1-32-19-8-2-15(3-9-19)12-27-21(31)28-18-10-22(11-18)13-29(14-22)20(30)16-4-6-17(7-5-16)23(24,25)26/h2-9,18H,10-14H2,1H3,(H2,27,28,31). The van der Waals surface area contributed by atoms with Crippen LogP contribution in [-0.2, 0) is 12.7 Å². The van der Waals surface area contributed by atoms with Crippen LogP contribution in [0.25, 0.3) is 0 Å². The van der Waals surface area contributed by atoms with Gasteiger partial charge in [-0.2, -0.15) is 13.2 Å². The van der Waals surface area contributed by atoms with Gasteiger partial charge in [-0.3, -0.25) is 4.79 Å². The lowest BCUT2D eigenvalue weighted by atomic mass is 9.60. The zero-order chi connectivity index (χ0) is 22.9. The smallest absolute Gasteiger partial charge is 0.416 e. The first-order valence-corrected chi connectivity index (χ1v) is 10.3. The van der Waals surface area contributed by atoms with Crippen molar-refractivity contribution in [2.45, 2.75) is 31.6 Å². The molecular weight excluding hydrogens is 423 g/mol. The first-order valence-electron chi connectivity index (χ1n) is 10.3. The molecule has 9 heteroatoms. The van der Waals surface area contributed by atoms with Crippen LogP contribution >= 0.6 is 0 Å². The first kappa shape index (κ1) is 22.0. The fraction of sp³-hybridized carbons (Fsp3) is 0.391. The van der Waals surface area contributed by atoms with E-state index in [9.17, 15) is 22.8 Å². The third kappa shape index (κ3) is 4.66. The Kier molecular flexibility index (Phi) is 5.75. The monoisotopic (exact) mass is 447 g/mol. The Morgan fingerprint density at radius 1 is 1.06 bits per heavy atom. The van der Waals surface area contributed by atoms with Gasteiger partial charge in [0.15, 0.2) is 0 Å². The van der Waals surface area contributed by atoms with E-state index in [1.165, 1.54) is 12.1 Å². The Balaban J connectivity index is 1.18. The molecule has 2 N–H and O–H groups in total. The number of nitrogens with one attached hydrogen (secondary N) is 2. The summed E-state index contributed by atoms with van der Waals surface area (Å²) in [6.45, 7) is 1.51. The molecule has 1 saturated carbocycles. The van der Waals surface area contributed by atoms with Crippen LogP contribution in [0.15, 0.2) is 48.5 Å². The molecule has 0 radical (unpaired) electrons. The molecule has 1 aliphatic carbocycles. The molecule has 2 fully saturated rings. The predicted octanol–water partition coefficient (Wildman–Crippen LogP) is 3.82. The minimum atomic E-state index is -4.42. The highest BCUT2D eigenvalue weighted by Crippen LogP contribution is 2.48. The van der Waals surface area contributed by atoms with E-state index in [0.29, 0.717) is 19.6 Å². The second-order valence-electron chi connectivity index (χ2n) is 8.52. The van der Waals surface area contributed by atoms with E-state index in [4.69, 9.17) is 4.74 Å². The molecule has 6 nitrogen and oxygen atoms in total. The van der Waals surface area contributed by atoms with Crippen molar-refractivity contribution in [2.75, 3.05) is 20.2 Å². The summed E-state index contributed by atoms with van der Waals surface area (Å²) in [5, 5.41) is 5.77. The Morgan fingerprint density at radius 3 is 2.25 bits per heavy atom. The topological polar surface area (TPSA) is 70.7 Å². The van der Waals surface area contributed by atoms with E-state index in [1.54, 1.807) is 12.0 Å². The van der Waals surface area contributed by atoms with Crippen LogP contribution in [0, 0.1) is 5.41 Å². The third-order valence-corrected chi connectivity index (χ3v) is 6.11. The average molecular weight is 447 g/mol. The van der Waals surface area contributed by atoms with Gasteiger partial charge in [0.2, 0.25) is 0 Å². The average Bonchev–Trinajstić information content (AvgIpc) is 2.72. The number of likely N-dealkylation sites (tertiary alicyclic amines) is 1. The second kappa shape index (κ2) is 8.37. The van der Waals surface area contributed by atoms with Crippen molar-refractivity contribution in [1.29, 1.82) is 0 Å². The van der Waals surface area contributed by atoms with E-state index in [1.807, 2.05) is 24.3 Å². The van der Waals surface area contributed by atoms with Crippen LogP contribution in [0.3, 0.4) is 0 Å². The maximum Gasteiger partial charge on any atom is 0.416 e. The Labute approximate surface area is 183 Å². The number of carbonyl (C=O) groups is 2. The number of alkyl halides is 3. The van der Waals surface area contributed by atoms with E-state index >= 15 is 0 Å². The largest absolute Gasteiger partial charge is 0.497 e. The van der Waals surface area contributed by atoms with Gasteiger partial charge in [0.05, 0.1) is 12.7 Å². The molecule has 0 unspecified atom stereocenters. The molecule has 2 aliphatic rings. The quantitative estimate of drug-likeness (QED) is 0.732. The number of hydrogen-bond donors (Lipinski definition) is 2. The van der Waals surface area contributed by atoms with E-state index in [0.717, 1.165) is 36.3 Å². The van der Waals surface area contributed by atoms with Gasteiger partial charge in [0, 0.05) is 36.7 Å². The van der Waals surface area contributed by atoms with Crippen molar-refractivity contribution in [1.82, 2.24) is 15.5 Å². The SMILES string of the molecule is COc1ccc(CNC(=O)NC2CC3(C2)CN(C(=O)c2ccc(C(F)(F)F)cc2)C3)cc1. The van der Waals surface area contributed by atoms with Gasteiger partial charge in [-0.05, 0) is 54.8 Å². The number of carbonyl (C=O) groups excluding carboxylic acids is 2. The van der Waals surface area contributed by atoms with Crippen molar-refractivity contribution in [2.24, 2.45) is 5.41 Å². The highest BCUT2D eigenvalue weighted by molar-refractivity contribution is 5.95. The number of nitrogens with zero attached hydrogens (tertiary/aromatic N) is 1. The first-order chi connectivity index (χ1) is 15.2. The Morgan fingerprint density at radius 2 is 1.69 bits per heavy atom. The highest BCUT2D eigenvalue weighted by Gasteiger charge is 2.54. The van der Waals surface area contributed by atoms with Crippen molar-refractivity contribution in [3.05, 3.63) is 65.2 Å². The van der Waals surface area contributed by atoms with Gasteiger partial charge in [-0.1, -0.05) is 12.1 Å². The molecule has 0 bridgehead atoms. The molecule has 0 atom stereocenters.